The quantitative estimate of drug-likeness (QED) is 0.817. The number of hydrogen-bond acceptors (Lipinski definition) is 4. The first kappa shape index (κ1) is 18.7. The van der Waals surface area contributed by atoms with E-state index in [2.05, 4.69) is 14.1 Å². The zero-order valence-electron chi connectivity index (χ0n) is 15.5. The smallest absolute Gasteiger partial charge is 0.165 e. The molecule has 1 heterocycles. The molecule has 0 fully saturated rings. The van der Waals surface area contributed by atoms with E-state index >= 15 is 0 Å². The first-order valence-corrected chi connectivity index (χ1v) is 8.51. The molecule has 0 bridgehead atoms. The van der Waals surface area contributed by atoms with Crippen molar-refractivity contribution in [1.82, 2.24) is 0 Å². The minimum Gasteiger partial charge on any atom is -0.870 e. The summed E-state index contributed by atoms with van der Waals surface area (Å²) in [7, 11) is 7.46. The molecule has 2 aliphatic rings. The summed E-state index contributed by atoms with van der Waals surface area (Å²) in [6.07, 6.45) is 1.69. The lowest BCUT2D eigenvalue weighted by Crippen LogP contribution is -2.49. The molecule has 26 heavy (non-hydrogen) atoms. The number of aromatic hydroxyl groups is 1. The summed E-state index contributed by atoms with van der Waals surface area (Å²) in [5.74, 6) is 0.618. The predicted octanol–water partition coefficient (Wildman–Crippen LogP) is 2.80. The number of methoxy groups -OCH3 is 2. The van der Waals surface area contributed by atoms with Gasteiger partial charge >= 0.3 is 0 Å². The van der Waals surface area contributed by atoms with Gasteiger partial charge in [0.2, 0.25) is 0 Å². The fraction of sp³-hybridized carbons (Fsp3) is 0.400. The topological polar surface area (TPSA) is 61.8 Å². The van der Waals surface area contributed by atoms with Gasteiger partial charge in [-0.1, -0.05) is 11.8 Å². The van der Waals surface area contributed by atoms with Crippen molar-refractivity contribution in [2.45, 2.75) is 18.9 Å². The number of phenolic OH excluding ortho intramolecular Hbond substituents is 1. The highest BCUT2D eigenvalue weighted by molar-refractivity contribution is 5.87. The Morgan fingerprint density at radius 2 is 1.77 bits per heavy atom. The first-order valence-electron chi connectivity index (χ1n) is 8.51. The standard InChI is InChI=1S/C20H23NO4.ClH/c1-21(2)8-7-12-10-15(25-4)20(23)18-16(12)13(21)9-11-5-6-14(24-3)19(22)17(11)18;/h5-6,10,13H,7-9H2,1-4H3,(H-,22,23);1H/t13-;/m0./s1. The van der Waals surface area contributed by atoms with E-state index in [4.69, 9.17) is 9.47 Å². The second-order valence-corrected chi connectivity index (χ2v) is 7.48. The van der Waals surface area contributed by atoms with Crippen LogP contribution < -0.4 is 14.6 Å². The van der Waals surface area contributed by atoms with E-state index in [-0.39, 0.29) is 29.9 Å². The van der Waals surface area contributed by atoms with Crippen molar-refractivity contribution in [2.75, 3.05) is 34.9 Å². The second kappa shape index (κ2) is 6.25. The van der Waals surface area contributed by atoms with Crippen LogP contribution in [0.2, 0.25) is 0 Å². The van der Waals surface area contributed by atoms with Gasteiger partial charge in [-0.3, -0.25) is 0 Å². The normalized spacial score (nSPS) is 19.0. The lowest BCUT2D eigenvalue weighted by molar-refractivity contribution is -0.923. The fourth-order valence-electron chi connectivity index (χ4n) is 4.39. The predicted molar refractivity (Wildman–Crippen MR) is 100 cm³/mol. The molecule has 0 radical (unpaired) electrons. The number of nitrogens with zero attached hydrogens (tertiary/aromatic N) is 1. The minimum atomic E-state index is -0.155. The van der Waals surface area contributed by atoms with Gasteiger partial charge in [0, 0.05) is 24.0 Å². The molecule has 4 rings (SSSR count). The summed E-state index contributed by atoms with van der Waals surface area (Å²) >= 11 is 0. The van der Waals surface area contributed by atoms with E-state index in [1.54, 1.807) is 6.07 Å². The molecular formula is C20H24ClNO4. The van der Waals surface area contributed by atoms with Crippen LogP contribution in [0.3, 0.4) is 0 Å². The molecule has 6 heteroatoms. The maximum atomic E-state index is 13.1. The summed E-state index contributed by atoms with van der Waals surface area (Å²) in [4.78, 5) is 0. The van der Waals surface area contributed by atoms with Crippen LogP contribution in [0, 0.1) is 0 Å². The first-order chi connectivity index (χ1) is 11.9. The summed E-state index contributed by atoms with van der Waals surface area (Å²) in [6, 6.07) is 5.82. The third kappa shape index (κ3) is 2.42. The number of quaternary nitrogens is 1. The molecule has 140 valence electrons. The van der Waals surface area contributed by atoms with Crippen LogP contribution in [-0.2, 0) is 12.8 Å². The van der Waals surface area contributed by atoms with Gasteiger partial charge < -0.3 is 24.2 Å². The van der Waals surface area contributed by atoms with Crippen molar-refractivity contribution < 1.29 is 24.2 Å². The van der Waals surface area contributed by atoms with Crippen molar-refractivity contribution in [1.29, 1.82) is 0 Å². The van der Waals surface area contributed by atoms with Gasteiger partial charge in [0.05, 0.1) is 34.9 Å². The molecule has 0 spiro atoms. The number of hydrogen-bond donors (Lipinski definition) is 1. The van der Waals surface area contributed by atoms with E-state index in [0.29, 0.717) is 22.6 Å². The Labute approximate surface area is 159 Å². The van der Waals surface area contributed by atoms with Crippen molar-refractivity contribution in [3.63, 3.8) is 0 Å². The van der Waals surface area contributed by atoms with Crippen LogP contribution >= 0.6 is 12.4 Å². The number of fused-ring (bicyclic) bond motifs is 2. The van der Waals surface area contributed by atoms with Gasteiger partial charge in [0.15, 0.2) is 11.5 Å². The summed E-state index contributed by atoms with van der Waals surface area (Å²) in [5.41, 5.74) is 4.40. The third-order valence-electron chi connectivity index (χ3n) is 5.84. The monoisotopic (exact) mass is 377 g/mol. The van der Waals surface area contributed by atoms with Gasteiger partial charge in [-0.05, 0) is 28.8 Å². The lowest BCUT2D eigenvalue weighted by Gasteiger charge is -2.47. The Kier molecular flexibility index (Phi) is 4.49. The molecule has 1 aliphatic carbocycles. The molecule has 0 saturated carbocycles. The molecule has 1 N–H and O–H groups in total. The number of benzene rings is 2. The lowest BCUT2D eigenvalue weighted by atomic mass is 9.75. The zero-order valence-corrected chi connectivity index (χ0v) is 16.3. The summed E-state index contributed by atoms with van der Waals surface area (Å²) in [5, 5.41) is 23.9. The van der Waals surface area contributed by atoms with Crippen molar-refractivity contribution in [3.8, 4) is 34.1 Å². The fourth-order valence-corrected chi connectivity index (χ4v) is 4.39. The van der Waals surface area contributed by atoms with Crippen LogP contribution in [0.1, 0.15) is 22.7 Å². The highest BCUT2D eigenvalue weighted by Gasteiger charge is 2.42. The highest BCUT2D eigenvalue weighted by Crippen LogP contribution is 2.55. The van der Waals surface area contributed by atoms with E-state index in [1.165, 1.54) is 14.2 Å². The number of phenols is 1. The minimum absolute atomic E-state index is 0. The molecule has 0 amide bonds. The maximum Gasteiger partial charge on any atom is 0.165 e. The Morgan fingerprint density at radius 1 is 1.08 bits per heavy atom. The molecule has 1 aliphatic heterocycles. The molecule has 1 atom stereocenters. The number of likely N-dealkylation sites (N-methyl/N-ethyl adjacent to an activating group) is 1. The molecule has 0 saturated heterocycles. The van der Waals surface area contributed by atoms with Crippen LogP contribution in [0.15, 0.2) is 18.2 Å². The Hall–Kier alpha value is -2.11. The van der Waals surface area contributed by atoms with Crippen molar-refractivity contribution in [3.05, 3.63) is 34.9 Å². The van der Waals surface area contributed by atoms with Gasteiger partial charge in [-0.25, -0.2) is 0 Å². The molecular weight excluding hydrogens is 354 g/mol. The van der Waals surface area contributed by atoms with Crippen molar-refractivity contribution in [2.24, 2.45) is 0 Å². The van der Waals surface area contributed by atoms with E-state index in [9.17, 15) is 10.2 Å². The van der Waals surface area contributed by atoms with Gasteiger partial charge in [0.1, 0.15) is 11.8 Å². The molecule has 2 aromatic carbocycles. The van der Waals surface area contributed by atoms with Crippen LogP contribution in [-0.4, -0.2) is 44.4 Å². The number of halogens is 1. The Bertz CT molecular complexity index is 879. The third-order valence-corrected chi connectivity index (χ3v) is 5.84. The van der Waals surface area contributed by atoms with Crippen LogP contribution in [0.25, 0.3) is 11.1 Å². The summed E-state index contributed by atoms with van der Waals surface area (Å²) < 4.78 is 11.5. The highest BCUT2D eigenvalue weighted by atomic mass is 35.5. The number of ether oxygens (including phenoxy) is 2. The average molecular weight is 378 g/mol. The largest absolute Gasteiger partial charge is 0.870 e. The molecule has 0 unspecified atom stereocenters. The zero-order chi connectivity index (χ0) is 17.9. The summed E-state index contributed by atoms with van der Waals surface area (Å²) in [6.45, 7) is 1.01. The Morgan fingerprint density at radius 3 is 2.42 bits per heavy atom. The van der Waals surface area contributed by atoms with E-state index < -0.39 is 0 Å². The Balaban J connectivity index is 0.00000196. The van der Waals surface area contributed by atoms with Crippen molar-refractivity contribution >= 4 is 12.4 Å². The van der Waals surface area contributed by atoms with Gasteiger partial charge in [0.25, 0.3) is 0 Å². The number of rotatable bonds is 2. The average Bonchev–Trinajstić information content (AvgIpc) is 2.59. The molecule has 5 nitrogen and oxygen atoms in total. The van der Waals surface area contributed by atoms with Gasteiger partial charge in [-0.2, -0.15) is 0 Å². The molecule has 2 aromatic rings. The maximum absolute atomic E-state index is 13.1. The van der Waals surface area contributed by atoms with E-state index in [0.717, 1.165) is 40.6 Å². The molecule has 0 aromatic heterocycles. The second-order valence-electron chi connectivity index (χ2n) is 7.48. The SMILES string of the molecule is COc1cc2c3c(c1[O-])-c1c(ccc(OC)c1O)C[C@@H]3[N+](C)(C)CC2.Cl. The van der Waals surface area contributed by atoms with Crippen LogP contribution in [0.5, 0.6) is 23.0 Å². The van der Waals surface area contributed by atoms with E-state index in [1.807, 2.05) is 12.1 Å². The van der Waals surface area contributed by atoms with Crippen LogP contribution in [0.4, 0.5) is 0 Å². The van der Waals surface area contributed by atoms with Gasteiger partial charge in [-0.15, -0.1) is 12.4 Å².